The number of benzene rings is 1. The molecule has 1 aliphatic carbocycles. The first-order valence-electron chi connectivity index (χ1n) is 6.31. The van der Waals surface area contributed by atoms with Crippen molar-refractivity contribution in [3.63, 3.8) is 0 Å². The molecule has 2 N–H and O–H groups in total. The number of fused-ring (bicyclic) bond motifs is 1. The third-order valence-electron chi connectivity index (χ3n) is 3.32. The molecule has 3 rings (SSSR count). The highest BCUT2D eigenvalue weighted by Gasteiger charge is 2.29. The molecule has 19 heavy (non-hydrogen) atoms. The second-order valence-corrected chi connectivity index (χ2v) is 5.63. The average Bonchev–Trinajstić information content (AvgIpc) is 3.16. The van der Waals surface area contributed by atoms with Crippen molar-refractivity contribution < 1.29 is 4.79 Å². The highest BCUT2D eigenvalue weighted by Crippen LogP contribution is 2.28. The highest BCUT2D eigenvalue weighted by molar-refractivity contribution is 7.71. The topological polar surface area (TPSA) is 49.8 Å². The second-order valence-electron chi connectivity index (χ2n) is 4.81. The second kappa shape index (κ2) is 4.98. The SMILES string of the molecule is O=C(NCCn1c(=S)[nH]c2cc(Cl)ccc21)C1CC1. The number of aromatic nitrogens is 2. The van der Waals surface area contributed by atoms with Crippen molar-refractivity contribution in [3.05, 3.63) is 28.0 Å². The maximum Gasteiger partial charge on any atom is 0.223 e. The van der Waals surface area contributed by atoms with E-state index in [1.54, 1.807) is 0 Å². The van der Waals surface area contributed by atoms with Crippen LogP contribution in [-0.4, -0.2) is 22.0 Å². The van der Waals surface area contributed by atoms with Gasteiger partial charge in [0.25, 0.3) is 0 Å². The lowest BCUT2D eigenvalue weighted by Crippen LogP contribution is -2.28. The molecular weight excluding hydrogens is 282 g/mol. The van der Waals surface area contributed by atoms with Gasteiger partial charge >= 0.3 is 0 Å². The molecule has 1 aromatic carbocycles. The molecule has 0 bridgehead atoms. The summed E-state index contributed by atoms with van der Waals surface area (Å²) >= 11 is 11.2. The summed E-state index contributed by atoms with van der Waals surface area (Å²) < 4.78 is 2.63. The van der Waals surface area contributed by atoms with E-state index in [1.807, 2.05) is 22.8 Å². The summed E-state index contributed by atoms with van der Waals surface area (Å²) in [5.74, 6) is 0.407. The van der Waals surface area contributed by atoms with Gasteiger partial charge in [-0.15, -0.1) is 0 Å². The van der Waals surface area contributed by atoms with Crippen molar-refractivity contribution in [3.8, 4) is 0 Å². The molecule has 0 unspecified atom stereocenters. The van der Waals surface area contributed by atoms with Crippen LogP contribution in [0.3, 0.4) is 0 Å². The number of aromatic amines is 1. The van der Waals surface area contributed by atoms with Crippen LogP contribution in [-0.2, 0) is 11.3 Å². The first-order valence-corrected chi connectivity index (χ1v) is 7.09. The Morgan fingerprint density at radius 2 is 2.32 bits per heavy atom. The molecule has 4 nitrogen and oxygen atoms in total. The summed E-state index contributed by atoms with van der Waals surface area (Å²) in [6.07, 6.45) is 2.05. The molecule has 0 saturated heterocycles. The van der Waals surface area contributed by atoms with Gasteiger partial charge in [-0.1, -0.05) is 11.6 Å². The zero-order valence-corrected chi connectivity index (χ0v) is 11.9. The van der Waals surface area contributed by atoms with Gasteiger partial charge in [0.15, 0.2) is 4.77 Å². The molecule has 1 aromatic heterocycles. The Labute approximate surface area is 120 Å². The number of rotatable bonds is 4. The van der Waals surface area contributed by atoms with E-state index >= 15 is 0 Å². The van der Waals surface area contributed by atoms with Crippen molar-refractivity contribution in [2.75, 3.05) is 6.54 Å². The minimum Gasteiger partial charge on any atom is -0.354 e. The standard InChI is InChI=1S/C13H14ClN3OS/c14-9-3-4-11-10(7-9)16-13(19)17(11)6-5-15-12(18)8-1-2-8/h3-4,7-8H,1-2,5-6H2,(H,15,18)(H,16,19). The van der Waals surface area contributed by atoms with Gasteiger partial charge in [0, 0.05) is 24.0 Å². The maximum absolute atomic E-state index is 11.6. The smallest absolute Gasteiger partial charge is 0.223 e. The zero-order valence-electron chi connectivity index (χ0n) is 10.3. The van der Waals surface area contributed by atoms with Crippen LogP contribution in [0.4, 0.5) is 0 Å². The van der Waals surface area contributed by atoms with Gasteiger partial charge in [-0.3, -0.25) is 4.79 Å². The van der Waals surface area contributed by atoms with Crippen molar-refractivity contribution in [2.24, 2.45) is 5.92 Å². The lowest BCUT2D eigenvalue weighted by Gasteiger charge is -2.06. The first-order chi connectivity index (χ1) is 9.15. The number of hydrogen-bond acceptors (Lipinski definition) is 2. The molecule has 0 radical (unpaired) electrons. The van der Waals surface area contributed by atoms with E-state index in [9.17, 15) is 4.79 Å². The average molecular weight is 296 g/mol. The van der Waals surface area contributed by atoms with Gasteiger partial charge < -0.3 is 14.9 Å². The number of nitrogens with zero attached hydrogens (tertiary/aromatic N) is 1. The fraction of sp³-hybridized carbons (Fsp3) is 0.385. The Kier molecular flexibility index (Phi) is 3.33. The van der Waals surface area contributed by atoms with Gasteiger partial charge in [-0.2, -0.15) is 0 Å². The molecule has 1 amide bonds. The minimum atomic E-state index is 0.161. The van der Waals surface area contributed by atoms with E-state index in [0.29, 0.717) is 22.9 Å². The number of imidazole rings is 1. The Morgan fingerprint density at radius 3 is 3.05 bits per heavy atom. The van der Waals surface area contributed by atoms with E-state index in [0.717, 1.165) is 23.9 Å². The van der Waals surface area contributed by atoms with Gasteiger partial charge in [0.05, 0.1) is 11.0 Å². The van der Waals surface area contributed by atoms with Crippen LogP contribution in [0.1, 0.15) is 12.8 Å². The third-order valence-corrected chi connectivity index (χ3v) is 3.88. The monoisotopic (exact) mass is 295 g/mol. The van der Waals surface area contributed by atoms with Crippen molar-refractivity contribution in [2.45, 2.75) is 19.4 Å². The number of carbonyl (C=O) groups excluding carboxylic acids is 1. The fourth-order valence-electron chi connectivity index (χ4n) is 2.14. The van der Waals surface area contributed by atoms with Crippen LogP contribution in [0.5, 0.6) is 0 Å². The number of carbonyl (C=O) groups is 1. The number of nitrogens with one attached hydrogen (secondary N) is 2. The zero-order chi connectivity index (χ0) is 13.4. The Balaban J connectivity index is 1.74. The molecule has 100 valence electrons. The van der Waals surface area contributed by atoms with Crippen molar-refractivity contribution in [1.82, 2.24) is 14.9 Å². The quantitative estimate of drug-likeness (QED) is 0.852. The van der Waals surface area contributed by atoms with Crippen LogP contribution in [0.15, 0.2) is 18.2 Å². The van der Waals surface area contributed by atoms with Crippen LogP contribution in [0.2, 0.25) is 5.02 Å². The molecule has 0 spiro atoms. The molecule has 0 atom stereocenters. The molecule has 1 fully saturated rings. The normalized spacial score (nSPS) is 14.8. The lowest BCUT2D eigenvalue weighted by atomic mass is 10.3. The number of hydrogen-bond donors (Lipinski definition) is 2. The Bertz CT molecular complexity index is 687. The van der Waals surface area contributed by atoms with E-state index < -0.39 is 0 Å². The number of amides is 1. The fourth-order valence-corrected chi connectivity index (χ4v) is 2.61. The predicted molar refractivity (Wildman–Crippen MR) is 77.9 cm³/mol. The van der Waals surface area contributed by atoms with Crippen molar-refractivity contribution >= 4 is 40.8 Å². The molecule has 1 aliphatic rings. The molecule has 2 aromatic rings. The predicted octanol–water partition coefficient (Wildman–Crippen LogP) is 2.88. The molecule has 6 heteroatoms. The van der Waals surface area contributed by atoms with Gasteiger partial charge in [-0.25, -0.2) is 0 Å². The lowest BCUT2D eigenvalue weighted by molar-refractivity contribution is -0.122. The van der Waals surface area contributed by atoms with Gasteiger partial charge in [0.1, 0.15) is 0 Å². The van der Waals surface area contributed by atoms with Gasteiger partial charge in [0.2, 0.25) is 5.91 Å². The molecular formula is C13H14ClN3OS. The summed E-state index contributed by atoms with van der Waals surface area (Å²) in [5.41, 5.74) is 1.93. The van der Waals surface area contributed by atoms with Crippen LogP contribution < -0.4 is 5.32 Å². The first kappa shape index (κ1) is 12.7. The largest absolute Gasteiger partial charge is 0.354 e. The Morgan fingerprint density at radius 1 is 1.53 bits per heavy atom. The third kappa shape index (κ3) is 2.67. The molecule has 1 saturated carbocycles. The summed E-state index contributed by atoms with van der Waals surface area (Å²) in [7, 11) is 0. The summed E-state index contributed by atoms with van der Waals surface area (Å²) in [6, 6.07) is 5.63. The van der Waals surface area contributed by atoms with Crippen LogP contribution in [0, 0.1) is 10.7 Å². The summed E-state index contributed by atoms with van der Waals surface area (Å²) in [4.78, 5) is 14.7. The van der Waals surface area contributed by atoms with E-state index in [4.69, 9.17) is 23.8 Å². The van der Waals surface area contributed by atoms with E-state index in [-0.39, 0.29) is 11.8 Å². The van der Waals surface area contributed by atoms with Crippen LogP contribution >= 0.6 is 23.8 Å². The highest BCUT2D eigenvalue weighted by atomic mass is 35.5. The number of H-pyrrole nitrogens is 1. The van der Waals surface area contributed by atoms with Gasteiger partial charge in [-0.05, 0) is 43.3 Å². The van der Waals surface area contributed by atoms with E-state index in [2.05, 4.69) is 10.3 Å². The number of halogens is 1. The minimum absolute atomic E-state index is 0.161. The van der Waals surface area contributed by atoms with Crippen LogP contribution in [0.25, 0.3) is 11.0 Å². The molecule has 0 aliphatic heterocycles. The summed E-state index contributed by atoms with van der Waals surface area (Å²) in [6.45, 7) is 1.26. The maximum atomic E-state index is 11.6. The van der Waals surface area contributed by atoms with Crippen molar-refractivity contribution in [1.29, 1.82) is 0 Å². The van der Waals surface area contributed by atoms with E-state index in [1.165, 1.54) is 0 Å². The molecule has 1 heterocycles. The Hall–Kier alpha value is -1.33. The summed E-state index contributed by atoms with van der Waals surface area (Å²) in [5, 5.41) is 3.62.